The van der Waals surface area contributed by atoms with E-state index < -0.39 is 22.7 Å². The summed E-state index contributed by atoms with van der Waals surface area (Å²) in [6, 6.07) is 3.05. The van der Waals surface area contributed by atoms with Crippen molar-refractivity contribution in [3.63, 3.8) is 0 Å². The molecule has 0 aliphatic heterocycles. The highest BCUT2D eigenvalue weighted by Crippen LogP contribution is 2.26. The van der Waals surface area contributed by atoms with Crippen LogP contribution in [0.1, 0.15) is 18.9 Å². The minimum atomic E-state index is -0.807. The van der Waals surface area contributed by atoms with Gasteiger partial charge in [-0.2, -0.15) is 5.10 Å². The van der Waals surface area contributed by atoms with Crippen LogP contribution >= 0.6 is 11.8 Å². The fourth-order valence-corrected chi connectivity index (χ4v) is 3.04. The van der Waals surface area contributed by atoms with E-state index in [-0.39, 0.29) is 11.4 Å². The van der Waals surface area contributed by atoms with Gasteiger partial charge in [0, 0.05) is 13.1 Å². The summed E-state index contributed by atoms with van der Waals surface area (Å²) in [7, 11) is 1.71. The summed E-state index contributed by atoms with van der Waals surface area (Å²) in [4.78, 5) is 10.1. The zero-order chi connectivity index (χ0) is 19.6. The molecule has 0 spiro atoms. The van der Waals surface area contributed by atoms with Gasteiger partial charge in [-0.25, -0.2) is 8.78 Å². The number of rotatable bonds is 7. The smallest absolute Gasteiger partial charge is 0.307 e. The van der Waals surface area contributed by atoms with E-state index in [1.165, 1.54) is 28.7 Å². The average Bonchev–Trinajstić information content (AvgIpc) is 3.22. The molecular weight excluding hydrogens is 382 g/mol. The number of thioether (sulfide) groups is 1. The quantitative estimate of drug-likeness (QED) is 0.344. The van der Waals surface area contributed by atoms with Gasteiger partial charge in [-0.15, -0.1) is 10.2 Å². The van der Waals surface area contributed by atoms with Crippen molar-refractivity contribution in [1.82, 2.24) is 24.5 Å². The number of hydrogen-bond donors (Lipinski definition) is 0. The minimum Gasteiger partial charge on any atom is -0.480 e. The number of nitrogens with zero attached hydrogens (tertiary/aromatic N) is 6. The summed E-state index contributed by atoms with van der Waals surface area (Å²) in [5, 5.41) is 23.2. The van der Waals surface area contributed by atoms with Gasteiger partial charge in [0.15, 0.2) is 28.7 Å². The molecule has 9 nitrogen and oxygen atoms in total. The molecule has 0 fully saturated rings. The summed E-state index contributed by atoms with van der Waals surface area (Å²) in [5.74, 6) is -0.859. The van der Waals surface area contributed by atoms with E-state index in [1.54, 1.807) is 18.5 Å². The maximum Gasteiger partial charge on any atom is 0.307 e. The van der Waals surface area contributed by atoms with E-state index in [2.05, 4.69) is 15.3 Å². The molecule has 3 aromatic rings. The van der Waals surface area contributed by atoms with Crippen molar-refractivity contribution in [2.75, 3.05) is 0 Å². The molecule has 1 aromatic carbocycles. The zero-order valence-corrected chi connectivity index (χ0v) is 15.1. The molecular formula is C15H14F2N6O3S. The molecule has 142 valence electrons. The standard InChI is InChI=1S/C15H14F2N6O3S/c1-9(26-13-4-3-10(16)5-12(13)17)14-19-20-15(21(14)2)27-8-22-7-11(6-18-22)23(24)25/h3-7,9H,8H2,1-2H3. The Morgan fingerprint density at radius 2 is 2.15 bits per heavy atom. The van der Waals surface area contributed by atoms with E-state index in [1.807, 2.05) is 0 Å². The molecule has 0 amide bonds. The Balaban J connectivity index is 1.67. The Morgan fingerprint density at radius 3 is 2.81 bits per heavy atom. The molecule has 0 radical (unpaired) electrons. The van der Waals surface area contributed by atoms with Crippen molar-refractivity contribution < 1.29 is 18.4 Å². The van der Waals surface area contributed by atoms with Crippen LogP contribution in [0.3, 0.4) is 0 Å². The number of aromatic nitrogens is 5. The maximum atomic E-state index is 13.7. The predicted octanol–water partition coefficient (Wildman–Crippen LogP) is 3.09. The third-order valence-corrected chi connectivity index (χ3v) is 4.59. The molecule has 1 unspecified atom stereocenters. The first kappa shape index (κ1) is 18.8. The molecule has 0 aliphatic rings. The van der Waals surface area contributed by atoms with E-state index in [9.17, 15) is 18.9 Å². The van der Waals surface area contributed by atoms with Gasteiger partial charge >= 0.3 is 5.69 Å². The normalized spacial score (nSPS) is 12.1. The number of nitro groups is 1. The van der Waals surface area contributed by atoms with Crippen LogP contribution in [-0.4, -0.2) is 29.5 Å². The Bertz CT molecular complexity index is 976. The van der Waals surface area contributed by atoms with Gasteiger partial charge in [0.1, 0.15) is 18.2 Å². The maximum absolute atomic E-state index is 13.7. The molecule has 3 rings (SSSR count). The summed E-state index contributed by atoms with van der Waals surface area (Å²) in [5.41, 5.74) is -0.0994. The summed E-state index contributed by atoms with van der Waals surface area (Å²) < 4.78 is 35.3. The van der Waals surface area contributed by atoms with Gasteiger partial charge in [0.2, 0.25) is 0 Å². The topological polar surface area (TPSA) is 101 Å². The van der Waals surface area contributed by atoms with Gasteiger partial charge in [-0.05, 0) is 19.1 Å². The third kappa shape index (κ3) is 4.22. The van der Waals surface area contributed by atoms with E-state index in [0.29, 0.717) is 16.9 Å². The van der Waals surface area contributed by atoms with Crippen LogP contribution in [0.5, 0.6) is 5.75 Å². The molecule has 27 heavy (non-hydrogen) atoms. The lowest BCUT2D eigenvalue weighted by atomic mass is 10.3. The van der Waals surface area contributed by atoms with Gasteiger partial charge in [0.25, 0.3) is 0 Å². The van der Waals surface area contributed by atoms with Crippen molar-refractivity contribution in [2.45, 2.75) is 24.1 Å². The van der Waals surface area contributed by atoms with E-state index >= 15 is 0 Å². The highest BCUT2D eigenvalue weighted by molar-refractivity contribution is 7.98. The summed E-state index contributed by atoms with van der Waals surface area (Å²) >= 11 is 1.26. The highest BCUT2D eigenvalue weighted by atomic mass is 32.2. The van der Waals surface area contributed by atoms with Crippen LogP contribution in [0, 0.1) is 21.7 Å². The van der Waals surface area contributed by atoms with E-state index in [0.717, 1.165) is 18.3 Å². The van der Waals surface area contributed by atoms with Crippen LogP contribution in [0.15, 0.2) is 35.7 Å². The second-order valence-corrected chi connectivity index (χ2v) is 6.42. The fourth-order valence-electron chi connectivity index (χ4n) is 2.26. The van der Waals surface area contributed by atoms with E-state index in [4.69, 9.17) is 4.74 Å². The minimum absolute atomic E-state index is 0.0926. The molecule has 0 saturated carbocycles. The lowest BCUT2D eigenvalue weighted by Gasteiger charge is -2.14. The number of hydrogen-bond acceptors (Lipinski definition) is 7. The average molecular weight is 396 g/mol. The largest absolute Gasteiger partial charge is 0.480 e. The first-order valence-electron chi connectivity index (χ1n) is 7.66. The SMILES string of the molecule is CC(Oc1ccc(F)cc1F)c1nnc(SCn2cc([N+](=O)[O-])cn2)n1C. The second kappa shape index (κ2) is 7.70. The van der Waals surface area contributed by atoms with Gasteiger partial charge < -0.3 is 9.30 Å². The van der Waals surface area contributed by atoms with Crippen molar-refractivity contribution in [3.05, 3.63) is 58.2 Å². The van der Waals surface area contributed by atoms with Crippen LogP contribution in [0.25, 0.3) is 0 Å². The summed E-state index contributed by atoms with van der Waals surface area (Å²) in [6.45, 7) is 1.66. The van der Waals surface area contributed by atoms with Crippen LogP contribution in [0.4, 0.5) is 14.5 Å². The monoisotopic (exact) mass is 396 g/mol. The van der Waals surface area contributed by atoms with Crippen LogP contribution in [0.2, 0.25) is 0 Å². The first-order chi connectivity index (χ1) is 12.8. The Kier molecular flexibility index (Phi) is 5.35. The number of halogens is 2. The van der Waals surface area contributed by atoms with Crippen molar-refractivity contribution in [2.24, 2.45) is 7.05 Å². The Hall–Kier alpha value is -3.02. The lowest BCUT2D eigenvalue weighted by molar-refractivity contribution is -0.385. The fraction of sp³-hybridized carbons (Fsp3) is 0.267. The third-order valence-electron chi connectivity index (χ3n) is 3.59. The molecule has 1 atom stereocenters. The Labute approximate surface area is 156 Å². The number of benzene rings is 1. The van der Waals surface area contributed by atoms with Crippen molar-refractivity contribution in [3.8, 4) is 5.75 Å². The Morgan fingerprint density at radius 1 is 1.37 bits per heavy atom. The highest BCUT2D eigenvalue weighted by Gasteiger charge is 2.19. The van der Waals surface area contributed by atoms with Crippen LogP contribution < -0.4 is 4.74 Å². The second-order valence-electron chi connectivity index (χ2n) is 5.50. The molecule has 0 N–H and O–H groups in total. The number of ether oxygens (including phenoxy) is 1. The lowest BCUT2D eigenvalue weighted by Crippen LogP contribution is -2.11. The van der Waals surface area contributed by atoms with Crippen molar-refractivity contribution in [1.29, 1.82) is 0 Å². The molecule has 12 heteroatoms. The van der Waals surface area contributed by atoms with Gasteiger partial charge in [-0.1, -0.05) is 11.8 Å². The molecule has 0 bridgehead atoms. The molecule has 2 aromatic heterocycles. The first-order valence-corrected chi connectivity index (χ1v) is 8.64. The molecule has 0 aliphatic carbocycles. The predicted molar refractivity (Wildman–Crippen MR) is 91.1 cm³/mol. The molecule has 0 saturated heterocycles. The zero-order valence-electron chi connectivity index (χ0n) is 14.2. The van der Waals surface area contributed by atoms with Gasteiger partial charge in [-0.3, -0.25) is 14.8 Å². The molecule has 2 heterocycles. The van der Waals surface area contributed by atoms with Crippen LogP contribution in [-0.2, 0) is 12.9 Å². The van der Waals surface area contributed by atoms with Crippen molar-refractivity contribution >= 4 is 17.4 Å². The summed E-state index contributed by atoms with van der Waals surface area (Å²) in [6.07, 6.45) is 1.84. The van der Waals surface area contributed by atoms with Gasteiger partial charge in [0.05, 0.1) is 10.8 Å².